The molecule has 0 spiro atoms. The first kappa shape index (κ1) is 61.1. The molecule has 0 radical (unpaired) electrons. The first-order chi connectivity index (χ1) is 34.5. The number of carboxylic acids is 1. The van der Waals surface area contributed by atoms with Gasteiger partial charge in [0.1, 0.15) is 54.1 Å². The number of amides is 8. The third kappa shape index (κ3) is 19.3. The standard InChI is InChI=1S/C48H79N13O11S/c1-26(2)23-34(47(71)72)57-42(66)36-13-10-22-61(36)46(70)32(12-6-7-19-49)55-41(65)35(25-73)58-44(68)38(27(3)4)59-43(67)37-14-9-21-60(37)45(69)28(5)54-40(64)33(24-29-15-17-30(62)18-16-29)56-39(63)31(50)11-8-20-53-48(51)52/h15-18,26-28,31-38,62,73H,6-14,19-25,49-50H2,1-5H3,(H,54,64)(H,55,65)(H,56,63)(H,57,66)(H,58,68)(H,59,67)(H,71,72)(H4,51,52,53)/t28-,31-,32-,33-,34-,35-,36-,37-,38-/m0/s1. The maximum absolute atomic E-state index is 14.1. The lowest BCUT2D eigenvalue weighted by Gasteiger charge is -2.31. The summed E-state index contributed by atoms with van der Waals surface area (Å²) in [6.07, 6.45) is 3.32. The van der Waals surface area contributed by atoms with Crippen LogP contribution in [-0.2, 0) is 49.6 Å². The van der Waals surface area contributed by atoms with E-state index >= 15 is 0 Å². The van der Waals surface area contributed by atoms with Gasteiger partial charge in [-0.1, -0.05) is 39.8 Å². The highest BCUT2D eigenvalue weighted by Gasteiger charge is 2.41. The lowest BCUT2D eigenvalue weighted by Crippen LogP contribution is -2.61. The van der Waals surface area contributed by atoms with Crippen LogP contribution in [0.3, 0.4) is 0 Å². The molecule has 0 unspecified atom stereocenters. The van der Waals surface area contributed by atoms with E-state index in [1.165, 1.54) is 28.9 Å². The number of carbonyl (C=O) groups excluding carboxylic acids is 8. The third-order valence-corrected chi connectivity index (χ3v) is 13.0. The maximum Gasteiger partial charge on any atom is 0.326 e. The number of carboxylic acid groups (broad SMARTS) is 1. The number of nitrogens with one attached hydrogen (secondary N) is 6. The van der Waals surface area contributed by atoms with Crippen molar-refractivity contribution in [3.63, 3.8) is 0 Å². The van der Waals surface area contributed by atoms with E-state index in [9.17, 15) is 53.4 Å². The van der Waals surface area contributed by atoms with Crippen molar-refractivity contribution in [3.8, 4) is 5.75 Å². The Labute approximate surface area is 432 Å². The molecule has 25 heteroatoms. The van der Waals surface area contributed by atoms with Crippen LogP contribution in [0.4, 0.5) is 0 Å². The minimum atomic E-state index is -1.29. The molecular weight excluding hydrogens is 967 g/mol. The van der Waals surface area contributed by atoms with Crippen molar-refractivity contribution in [1.82, 2.24) is 41.7 Å². The number of phenols is 1. The van der Waals surface area contributed by atoms with Gasteiger partial charge in [-0.3, -0.25) is 43.3 Å². The Hall–Kier alpha value is -6.21. The molecule has 0 bridgehead atoms. The van der Waals surface area contributed by atoms with Crippen LogP contribution in [0.5, 0.6) is 5.75 Å². The number of hydrogen-bond acceptors (Lipinski definition) is 14. The lowest BCUT2D eigenvalue weighted by atomic mass is 10.0. The van der Waals surface area contributed by atoms with Gasteiger partial charge in [0.05, 0.1) is 6.04 Å². The van der Waals surface area contributed by atoms with Gasteiger partial charge in [0.25, 0.3) is 0 Å². The van der Waals surface area contributed by atoms with Crippen LogP contribution < -0.4 is 54.8 Å². The second kappa shape index (κ2) is 30.1. The predicted octanol–water partition coefficient (Wildman–Crippen LogP) is -1.93. The highest BCUT2D eigenvalue weighted by molar-refractivity contribution is 7.80. The third-order valence-electron chi connectivity index (χ3n) is 12.7. The number of nitrogens with two attached hydrogens (primary N) is 4. The summed E-state index contributed by atoms with van der Waals surface area (Å²) in [5, 5.41) is 35.5. The number of benzene rings is 1. The molecule has 8 amide bonds. The first-order valence-electron chi connectivity index (χ1n) is 25.0. The zero-order valence-electron chi connectivity index (χ0n) is 42.6. The van der Waals surface area contributed by atoms with Gasteiger partial charge < -0.3 is 74.8 Å². The Morgan fingerprint density at radius 3 is 1.81 bits per heavy atom. The van der Waals surface area contributed by atoms with E-state index in [-0.39, 0.29) is 75.1 Å². The predicted molar refractivity (Wildman–Crippen MR) is 275 cm³/mol. The maximum atomic E-state index is 14.1. The number of likely N-dealkylation sites (tertiary alicyclic amines) is 2. The summed E-state index contributed by atoms with van der Waals surface area (Å²) in [5.41, 5.74) is 23.2. The van der Waals surface area contributed by atoms with Crippen molar-refractivity contribution in [3.05, 3.63) is 29.8 Å². The van der Waals surface area contributed by atoms with E-state index in [0.717, 1.165) is 0 Å². The summed E-state index contributed by atoms with van der Waals surface area (Å²) >= 11 is 4.32. The molecule has 0 aromatic heterocycles. The second-order valence-electron chi connectivity index (χ2n) is 19.4. The van der Waals surface area contributed by atoms with Crippen molar-refractivity contribution >= 4 is 71.8 Å². The molecule has 9 atom stereocenters. The Morgan fingerprint density at radius 2 is 1.26 bits per heavy atom. The number of aliphatic carboxylic acids is 1. The molecule has 73 heavy (non-hydrogen) atoms. The molecule has 0 aliphatic carbocycles. The van der Waals surface area contributed by atoms with E-state index in [4.69, 9.17) is 22.9 Å². The fourth-order valence-corrected chi connectivity index (χ4v) is 8.92. The van der Waals surface area contributed by atoms with Gasteiger partial charge in [-0.2, -0.15) is 12.6 Å². The number of unbranched alkanes of at least 4 members (excludes halogenated alkanes) is 1. The topological polar surface area (TPSA) is 389 Å². The summed E-state index contributed by atoms with van der Waals surface area (Å²) in [6.45, 7) is 9.38. The van der Waals surface area contributed by atoms with E-state index < -0.39 is 114 Å². The molecule has 1 aromatic rings. The quantitative estimate of drug-likeness (QED) is 0.0180. The largest absolute Gasteiger partial charge is 0.508 e. The van der Waals surface area contributed by atoms with E-state index in [1.807, 2.05) is 13.8 Å². The molecule has 0 saturated carbocycles. The molecule has 3 rings (SSSR count). The van der Waals surface area contributed by atoms with Gasteiger partial charge in [-0.25, -0.2) is 4.79 Å². The number of aliphatic imine (C=N–C) groups is 1. The average Bonchev–Trinajstić information content (AvgIpc) is 4.04. The van der Waals surface area contributed by atoms with Crippen molar-refractivity contribution in [2.24, 2.45) is 39.8 Å². The van der Waals surface area contributed by atoms with Crippen molar-refractivity contribution in [2.75, 3.05) is 31.9 Å². The van der Waals surface area contributed by atoms with Gasteiger partial charge in [-0.05, 0) is 107 Å². The highest BCUT2D eigenvalue weighted by atomic mass is 32.1. The number of guanidine groups is 1. The van der Waals surface area contributed by atoms with Crippen molar-refractivity contribution in [2.45, 2.75) is 160 Å². The summed E-state index contributed by atoms with van der Waals surface area (Å²) in [6, 6.07) is -4.14. The van der Waals surface area contributed by atoms with Crippen molar-refractivity contribution in [1.29, 1.82) is 0 Å². The van der Waals surface area contributed by atoms with Crippen LogP contribution in [0.15, 0.2) is 29.3 Å². The molecule has 2 aliphatic rings. The zero-order chi connectivity index (χ0) is 54.5. The minimum Gasteiger partial charge on any atom is -0.508 e. The van der Waals surface area contributed by atoms with Crippen LogP contribution in [0.2, 0.25) is 0 Å². The van der Waals surface area contributed by atoms with Gasteiger partial charge in [0.2, 0.25) is 47.3 Å². The molecule has 408 valence electrons. The van der Waals surface area contributed by atoms with Gasteiger partial charge in [0, 0.05) is 31.8 Å². The minimum absolute atomic E-state index is 0.00616. The van der Waals surface area contributed by atoms with Gasteiger partial charge >= 0.3 is 5.97 Å². The molecule has 24 nitrogen and oxygen atoms in total. The number of phenolic OH excluding ortho intramolecular Hbond substituents is 1. The SMILES string of the molecule is CC(C)C[C@H](NC(=O)[C@@H]1CCCN1C(=O)[C@H](CCCCN)NC(=O)[C@H](CS)NC(=O)[C@@H](NC(=O)[C@@H]1CCCN1C(=O)[C@H](C)NC(=O)[C@H](Cc1ccc(O)cc1)NC(=O)[C@@H](N)CCCN=C(N)N)C(C)C)C(=O)O. The molecule has 2 heterocycles. The summed E-state index contributed by atoms with van der Waals surface area (Å²) < 4.78 is 0. The van der Waals surface area contributed by atoms with Crippen LogP contribution in [0.1, 0.15) is 104 Å². The van der Waals surface area contributed by atoms with Gasteiger partial charge in [-0.15, -0.1) is 0 Å². The smallest absolute Gasteiger partial charge is 0.326 e. The number of aromatic hydroxyl groups is 1. The number of thiol groups is 1. The number of nitrogens with zero attached hydrogens (tertiary/aromatic N) is 3. The normalized spacial score (nSPS) is 18.3. The van der Waals surface area contributed by atoms with E-state index in [0.29, 0.717) is 50.6 Å². The van der Waals surface area contributed by atoms with E-state index in [1.54, 1.807) is 26.0 Å². The molecule has 2 saturated heterocycles. The highest BCUT2D eigenvalue weighted by Crippen LogP contribution is 2.22. The molecule has 2 aliphatic heterocycles. The average molecular weight is 1050 g/mol. The molecule has 2 fully saturated rings. The Kier molecular flexibility index (Phi) is 25.2. The van der Waals surface area contributed by atoms with Gasteiger partial charge in [0.15, 0.2) is 5.96 Å². The number of carbonyl (C=O) groups is 9. The van der Waals surface area contributed by atoms with Crippen molar-refractivity contribution < 1.29 is 53.4 Å². The lowest BCUT2D eigenvalue weighted by molar-refractivity contribution is -0.145. The summed E-state index contributed by atoms with van der Waals surface area (Å²) in [4.78, 5) is 129. The number of hydrogen-bond donors (Lipinski definition) is 13. The first-order valence-corrected chi connectivity index (χ1v) is 25.7. The fraction of sp³-hybridized carbons (Fsp3) is 0.667. The monoisotopic (exact) mass is 1050 g/mol. The molecule has 1 aromatic carbocycles. The number of rotatable bonds is 29. The summed E-state index contributed by atoms with van der Waals surface area (Å²) in [5.74, 6) is -7.28. The molecule has 16 N–H and O–H groups in total. The van der Waals surface area contributed by atoms with Crippen LogP contribution in [-0.4, -0.2) is 166 Å². The Balaban J connectivity index is 1.70. The second-order valence-corrected chi connectivity index (χ2v) is 19.8. The van der Waals surface area contributed by atoms with E-state index in [2.05, 4.69) is 49.5 Å². The Morgan fingerprint density at radius 1 is 0.699 bits per heavy atom. The van der Waals surface area contributed by atoms with Crippen LogP contribution in [0, 0.1) is 11.8 Å². The summed E-state index contributed by atoms with van der Waals surface area (Å²) in [7, 11) is 0. The fourth-order valence-electron chi connectivity index (χ4n) is 8.66. The zero-order valence-corrected chi connectivity index (χ0v) is 43.5. The molecular formula is C48H79N13O11S. The van der Waals surface area contributed by atoms with Crippen LogP contribution in [0.25, 0.3) is 0 Å². The van der Waals surface area contributed by atoms with Crippen LogP contribution >= 0.6 is 12.6 Å². The Bertz CT molecular complexity index is 2090.